The number of hydrogen-bond acceptors (Lipinski definition) is 1. The lowest BCUT2D eigenvalue weighted by atomic mass is 9.72. The van der Waals surface area contributed by atoms with Crippen molar-refractivity contribution in [2.24, 2.45) is 17.8 Å². The Balaban J connectivity index is 2.23. The molecule has 2 nitrogen and oxygen atoms in total. The zero-order valence-electron chi connectivity index (χ0n) is 13.6. The quantitative estimate of drug-likeness (QED) is 0.525. The lowest BCUT2D eigenvalue weighted by Crippen LogP contribution is -2.30. The minimum atomic E-state index is -0.547. The Hall–Kier alpha value is -0.530. The van der Waals surface area contributed by atoms with Crippen molar-refractivity contribution in [2.75, 3.05) is 0 Å². The van der Waals surface area contributed by atoms with E-state index in [4.69, 9.17) is 0 Å². The van der Waals surface area contributed by atoms with Crippen LogP contribution < -0.4 is 0 Å². The molecule has 1 aliphatic carbocycles. The molecule has 0 radical (unpaired) electrons. The Morgan fingerprint density at radius 3 is 2.25 bits per heavy atom. The first-order valence-corrected chi connectivity index (χ1v) is 8.89. The largest absolute Gasteiger partial charge is 0.481 e. The number of carboxylic acids is 1. The normalized spacial score (nSPS) is 24.5. The standard InChI is InChI=1S/C18H34O2/c1-3-4-5-6-7-8-9-14-17(18(19)20)16-13-11-10-12-15(16)2/h15-17H,3-14H2,1-2H3,(H,19,20). The van der Waals surface area contributed by atoms with Crippen LogP contribution in [0, 0.1) is 17.8 Å². The van der Waals surface area contributed by atoms with E-state index >= 15 is 0 Å². The Morgan fingerprint density at radius 1 is 1.05 bits per heavy atom. The van der Waals surface area contributed by atoms with E-state index in [0.717, 1.165) is 19.3 Å². The first-order valence-electron chi connectivity index (χ1n) is 8.89. The van der Waals surface area contributed by atoms with E-state index in [1.165, 1.54) is 57.8 Å². The molecule has 1 aliphatic rings. The highest BCUT2D eigenvalue weighted by Gasteiger charge is 2.33. The molecular formula is C18H34O2. The third-order valence-electron chi connectivity index (χ3n) is 5.13. The Kier molecular flexibility index (Phi) is 8.97. The van der Waals surface area contributed by atoms with Crippen molar-refractivity contribution in [1.82, 2.24) is 0 Å². The summed E-state index contributed by atoms with van der Waals surface area (Å²) in [6, 6.07) is 0. The maximum Gasteiger partial charge on any atom is 0.306 e. The summed E-state index contributed by atoms with van der Waals surface area (Å²) in [5.41, 5.74) is 0. The highest BCUT2D eigenvalue weighted by molar-refractivity contribution is 5.70. The monoisotopic (exact) mass is 282 g/mol. The maximum absolute atomic E-state index is 11.5. The summed E-state index contributed by atoms with van der Waals surface area (Å²) in [7, 11) is 0. The van der Waals surface area contributed by atoms with E-state index in [0.29, 0.717) is 11.8 Å². The van der Waals surface area contributed by atoms with Crippen LogP contribution in [0.15, 0.2) is 0 Å². The van der Waals surface area contributed by atoms with Crippen LogP contribution in [-0.4, -0.2) is 11.1 Å². The van der Waals surface area contributed by atoms with E-state index in [9.17, 15) is 9.90 Å². The molecule has 0 heterocycles. The topological polar surface area (TPSA) is 37.3 Å². The van der Waals surface area contributed by atoms with Gasteiger partial charge in [-0.05, 0) is 24.7 Å². The van der Waals surface area contributed by atoms with Crippen molar-refractivity contribution in [3.05, 3.63) is 0 Å². The molecule has 1 fully saturated rings. The molecular weight excluding hydrogens is 248 g/mol. The fraction of sp³-hybridized carbons (Fsp3) is 0.944. The minimum absolute atomic E-state index is 0.0825. The molecule has 0 spiro atoms. The van der Waals surface area contributed by atoms with Gasteiger partial charge in [-0.2, -0.15) is 0 Å². The van der Waals surface area contributed by atoms with Crippen molar-refractivity contribution >= 4 is 5.97 Å². The molecule has 0 aromatic heterocycles. The summed E-state index contributed by atoms with van der Waals surface area (Å²) in [6.45, 7) is 4.49. The predicted molar refractivity (Wildman–Crippen MR) is 84.9 cm³/mol. The van der Waals surface area contributed by atoms with E-state index in [1.54, 1.807) is 0 Å². The fourth-order valence-corrected chi connectivity index (χ4v) is 3.78. The number of carbonyl (C=O) groups is 1. The second-order valence-electron chi connectivity index (χ2n) is 6.78. The molecule has 0 aromatic carbocycles. The van der Waals surface area contributed by atoms with Crippen LogP contribution in [0.25, 0.3) is 0 Å². The molecule has 1 rings (SSSR count). The number of aliphatic carboxylic acids is 1. The van der Waals surface area contributed by atoms with Gasteiger partial charge in [-0.3, -0.25) is 4.79 Å². The molecule has 0 amide bonds. The molecule has 3 unspecified atom stereocenters. The third-order valence-corrected chi connectivity index (χ3v) is 5.13. The van der Waals surface area contributed by atoms with Crippen LogP contribution >= 0.6 is 0 Å². The zero-order chi connectivity index (χ0) is 14.8. The fourth-order valence-electron chi connectivity index (χ4n) is 3.78. The van der Waals surface area contributed by atoms with Crippen molar-refractivity contribution in [3.63, 3.8) is 0 Å². The molecule has 2 heteroatoms. The average Bonchev–Trinajstić information content (AvgIpc) is 2.43. The molecule has 20 heavy (non-hydrogen) atoms. The van der Waals surface area contributed by atoms with Gasteiger partial charge in [-0.15, -0.1) is 0 Å². The van der Waals surface area contributed by atoms with Gasteiger partial charge in [0.05, 0.1) is 5.92 Å². The summed E-state index contributed by atoms with van der Waals surface area (Å²) in [4.78, 5) is 11.5. The molecule has 0 saturated heterocycles. The first-order chi connectivity index (χ1) is 9.66. The summed E-state index contributed by atoms with van der Waals surface area (Å²) in [5.74, 6) is 0.409. The van der Waals surface area contributed by atoms with Gasteiger partial charge in [-0.1, -0.05) is 78.1 Å². The van der Waals surface area contributed by atoms with Crippen LogP contribution in [0.4, 0.5) is 0 Å². The van der Waals surface area contributed by atoms with Gasteiger partial charge in [0, 0.05) is 0 Å². The second-order valence-corrected chi connectivity index (χ2v) is 6.78. The molecule has 118 valence electrons. The van der Waals surface area contributed by atoms with Gasteiger partial charge in [0.25, 0.3) is 0 Å². The summed E-state index contributed by atoms with van der Waals surface area (Å²) in [6.07, 6.45) is 14.7. The summed E-state index contributed by atoms with van der Waals surface area (Å²) >= 11 is 0. The van der Waals surface area contributed by atoms with Gasteiger partial charge in [0.2, 0.25) is 0 Å². The second kappa shape index (κ2) is 10.2. The van der Waals surface area contributed by atoms with Crippen LogP contribution in [0.1, 0.15) is 90.9 Å². The Labute approximate surface area is 125 Å². The number of carboxylic acid groups (broad SMARTS) is 1. The van der Waals surface area contributed by atoms with E-state index in [2.05, 4.69) is 13.8 Å². The van der Waals surface area contributed by atoms with Crippen molar-refractivity contribution < 1.29 is 9.90 Å². The van der Waals surface area contributed by atoms with Crippen molar-refractivity contribution in [1.29, 1.82) is 0 Å². The van der Waals surface area contributed by atoms with Crippen molar-refractivity contribution in [3.8, 4) is 0 Å². The minimum Gasteiger partial charge on any atom is -0.481 e. The van der Waals surface area contributed by atoms with Crippen LogP contribution in [0.2, 0.25) is 0 Å². The average molecular weight is 282 g/mol. The smallest absolute Gasteiger partial charge is 0.306 e. The SMILES string of the molecule is CCCCCCCCCC(C(=O)O)C1CCCCC1C. The predicted octanol–water partition coefficient (Wildman–Crippen LogP) is 5.65. The molecule has 0 bridgehead atoms. The van der Waals surface area contributed by atoms with E-state index in [-0.39, 0.29) is 5.92 Å². The Morgan fingerprint density at radius 2 is 1.65 bits per heavy atom. The number of hydrogen-bond donors (Lipinski definition) is 1. The first kappa shape index (κ1) is 17.5. The maximum atomic E-state index is 11.5. The highest BCUT2D eigenvalue weighted by atomic mass is 16.4. The van der Waals surface area contributed by atoms with E-state index in [1.807, 2.05) is 0 Å². The molecule has 0 aliphatic heterocycles. The Bertz CT molecular complexity index is 262. The number of unbranched alkanes of at least 4 members (excludes halogenated alkanes) is 6. The van der Waals surface area contributed by atoms with E-state index < -0.39 is 5.97 Å². The van der Waals surface area contributed by atoms with Gasteiger partial charge in [0.15, 0.2) is 0 Å². The highest BCUT2D eigenvalue weighted by Crippen LogP contribution is 2.37. The lowest BCUT2D eigenvalue weighted by Gasteiger charge is -2.33. The van der Waals surface area contributed by atoms with Crippen LogP contribution in [0.3, 0.4) is 0 Å². The zero-order valence-corrected chi connectivity index (χ0v) is 13.6. The summed E-state index contributed by atoms with van der Waals surface area (Å²) in [5, 5.41) is 9.52. The van der Waals surface area contributed by atoms with Crippen LogP contribution in [-0.2, 0) is 4.79 Å². The number of rotatable bonds is 10. The molecule has 0 aromatic rings. The third kappa shape index (κ3) is 6.28. The molecule has 1 saturated carbocycles. The lowest BCUT2D eigenvalue weighted by molar-refractivity contribution is -0.145. The van der Waals surface area contributed by atoms with Crippen molar-refractivity contribution in [2.45, 2.75) is 90.9 Å². The summed E-state index contributed by atoms with van der Waals surface area (Å²) < 4.78 is 0. The van der Waals surface area contributed by atoms with Gasteiger partial charge < -0.3 is 5.11 Å². The van der Waals surface area contributed by atoms with Crippen LogP contribution in [0.5, 0.6) is 0 Å². The molecule has 3 atom stereocenters. The van der Waals surface area contributed by atoms with Gasteiger partial charge >= 0.3 is 5.97 Å². The molecule has 1 N–H and O–H groups in total. The van der Waals surface area contributed by atoms with Gasteiger partial charge in [-0.25, -0.2) is 0 Å². The van der Waals surface area contributed by atoms with Gasteiger partial charge in [0.1, 0.15) is 0 Å².